The summed E-state index contributed by atoms with van der Waals surface area (Å²) in [6, 6.07) is 14.0. The third-order valence-electron chi connectivity index (χ3n) is 6.15. The highest BCUT2D eigenvalue weighted by Gasteiger charge is 2.34. The van der Waals surface area contributed by atoms with Gasteiger partial charge in [-0.2, -0.15) is 0 Å². The lowest BCUT2D eigenvalue weighted by Crippen LogP contribution is -2.54. The number of nitrogens with one attached hydrogen (secondary N) is 2. The van der Waals surface area contributed by atoms with Crippen LogP contribution in [-0.2, 0) is 9.53 Å². The van der Waals surface area contributed by atoms with Gasteiger partial charge in [0.1, 0.15) is 6.04 Å². The zero-order valence-corrected chi connectivity index (χ0v) is 21.3. The molecule has 3 amide bonds. The average molecular weight is 530 g/mol. The molecule has 7 nitrogen and oxygen atoms in total. The van der Waals surface area contributed by atoms with E-state index in [1.807, 2.05) is 48.2 Å². The second-order valence-electron chi connectivity index (χ2n) is 8.54. The van der Waals surface area contributed by atoms with E-state index < -0.39 is 6.04 Å². The first-order valence-electron chi connectivity index (χ1n) is 11.6. The number of hydrogen-bond acceptors (Lipinski definition) is 4. The molecule has 3 rings (SSSR count). The number of carbonyl (C=O) groups excluding carboxylic acids is 3. The summed E-state index contributed by atoms with van der Waals surface area (Å²) < 4.78 is 5.91. The molecule has 1 heterocycles. The molecule has 1 fully saturated rings. The van der Waals surface area contributed by atoms with Gasteiger partial charge in [0.15, 0.2) is 0 Å². The van der Waals surface area contributed by atoms with Gasteiger partial charge in [0, 0.05) is 49.0 Å². The number of halogens is 1. The minimum absolute atomic E-state index is 0.0238. The SMILES string of the molecule is COCCCNC(=O)C(NC(=O)c1ccccc1C)C1CCN(C(=O)c2cccc(Br)c2)CC1. The number of hydrogen-bond donors (Lipinski definition) is 2. The number of nitrogens with zero attached hydrogens (tertiary/aromatic N) is 1. The predicted octanol–water partition coefficient (Wildman–Crippen LogP) is 3.56. The maximum absolute atomic E-state index is 13.1. The molecule has 0 saturated carbocycles. The van der Waals surface area contributed by atoms with Gasteiger partial charge < -0.3 is 20.3 Å². The molecular formula is C26H32BrN3O4. The van der Waals surface area contributed by atoms with Crippen LogP contribution in [0.3, 0.4) is 0 Å². The molecule has 1 aliphatic heterocycles. The number of aryl methyl sites for hydroxylation is 1. The van der Waals surface area contributed by atoms with E-state index in [1.54, 1.807) is 19.2 Å². The highest BCUT2D eigenvalue weighted by molar-refractivity contribution is 9.10. The zero-order chi connectivity index (χ0) is 24.5. The monoisotopic (exact) mass is 529 g/mol. The van der Waals surface area contributed by atoms with Gasteiger partial charge in [-0.1, -0.05) is 40.2 Å². The van der Waals surface area contributed by atoms with Crippen molar-refractivity contribution in [3.63, 3.8) is 0 Å². The number of rotatable bonds is 9. The fraction of sp³-hybridized carbons (Fsp3) is 0.423. The van der Waals surface area contributed by atoms with Crippen molar-refractivity contribution in [3.8, 4) is 0 Å². The average Bonchev–Trinajstić information content (AvgIpc) is 2.85. The summed E-state index contributed by atoms with van der Waals surface area (Å²) in [5.74, 6) is -0.552. The molecule has 1 saturated heterocycles. The third-order valence-corrected chi connectivity index (χ3v) is 6.65. The van der Waals surface area contributed by atoms with Crippen LogP contribution in [-0.4, -0.2) is 62.0 Å². The van der Waals surface area contributed by atoms with Crippen LogP contribution in [0.2, 0.25) is 0 Å². The number of likely N-dealkylation sites (tertiary alicyclic amines) is 1. The molecular weight excluding hydrogens is 498 g/mol. The Bertz CT molecular complexity index is 1010. The van der Waals surface area contributed by atoms with Crippen LogP contribution in [0, 0.1) is 12.8 Å². The number of amides is 3. The van der Waals surface area contributed by atoms with Crippen molar-refractivity contribution in [2.45, 2.75) is 32.2 Å². The van der Waals surface area contributed by atoms with E-state index in [2.05, 4.69) is 26.6 Å². The summed E-state index contributed by atoms with van der Waals surface area (Å²) in [5.41, 5.74) is 2.05. The fourth-order valence-corrected chi connectivity index (χ4v) is 4.62. The number of benzene rings is 2. The van der Waals surface area contributed by atoms with Crippen LogP contribution >= 0.6 is 15.9 Å². The Labute approximate surface area is 209 Å². The summed E-state index contributed by atoms with van der Waals surface area (Å²) in [6.45, 7) is 3.97. The van der Waals surface area contributed by atoms with Crippen LogP contribution in [0.4, 0.5) is 0 Å². The molecule has 1 atom stereocenters. The van der Waals surface area contributed by atoms with Gasteiger partial charge in [-0.05, 0) is 61.9 Å². The van der Waals surface area contributed by atoms with Gasteiger partial charge in [-0.25, -0.2) is 0 Å². The molecule has 1 aliphatic rings. The first-order chi connectivity index (χ1) is 16.4. The largest absolute Gasteiger partial charge is 0.385 e. The normalized spacial score (nSPS) is 15.0. The smallest absolute Gasteiger partial charge is 0.253 e. The molecule has 182 valence electrons. The summed E-state index contributed by atoms with van der Waals surface area (Å²) in [5, 5.41) is 5.91. The topological polar surface area (TPSA) is 87.7 Å². The molecule has 0 spiro atoms. The molecule has 0 bridgehead atoms. The quantitative estimate of drug-likeness (QED) is 0.486. The molecule has 0 radical (unpaired) electrons. The molecule has 2 N–H and O–H groups in total. The lowest BCUT2D eigenvalue weighted by Gasteiger charge is -2.36. The minimum atomic E-state index is -0.669. The Morgan fingerprint density at radius 1 is 1.12 bits per heavy atom. The summed E-state index contributed by atoms with van der Waals surface area (Å²) >= 11 is 3.41. The Kier molecular flexibility index (Phi) is 9.65. The Morgan fingerprint density at radius 2 is 1.85 bits per heavy atom. The molecule has 2 aromatic rings. The van der Waals surface area contributed by atoms with E-state index in [0.717, 1.165) is 10.0 Å². The number of carbonyl (C=O) groups is 3. The van der Waals surface area contributed by atoms with E-state index in [1.165, 1.54) is 0 Å². The molecule has 34 heavy (non-hydrogen) atoms. The van der Waals surface area contributed by atoms with Crippen LogP contribution < -0.4 is 10.6 Å². The maximum Gasteiger partial charge on any atom is 0.253 e. The van der Waals surface area contributed by atoms with Gasteiger partial charge in [-0.3, -0.25) is 14.4 Å². The fourth-order valence-electron chi connectivity index (χ4n) is 4.22. The predicted molar refractivity (Wildman–Crippen MR) is 135 cm³/mol. The van der Waals surface area contributed by atoms with Crippen LogP contribution in [0.15, 0.2) is 53.0 Å². The Morgan fingerprint density at radius 3 is 2.53 bits per heavy atom. The summed E-state index contributed by atoms with van der Waals surface area (Å²) in [7, 11) is 1.62. The van der Waals surface area contributed by atoms with E-state index in [9.17, 15) is 14.4 Å². The van der Waals surface area contributed by atoms with Crippen molar-refractivity contribution >= 4 is 33.7 Å². The Hall–Kier alpha value is -2.71. The van der Waals surface area contributed by atoms with Gasteiger partial charge in [0.2, 0.25) is 5.91 Å². The summed E-state index contributed by atoms with van der Waals surface area (Å²) in [4.78, 5) is 40.8. The highest BCUT2D eigenvalue weighted by atomic mass is 79.9. The second-order valence-corrected chi connectivity index (χ2v) is 9.46. The third kappa shape index (κ3) is 6.90. The number of piperidine rings is 1. The van der Waals surface area contributed by atoms with Crippen molar-refractivity contribution < 1.29 is 19.1 Å². The lowest BCUT2D eigenvalue weighted by atomic mass is 9.88. The van der Waals surface area contributed by atoms with Crippen molar-refractivity contribution in [2.75, 3.05) is 33.4 Å². The molecule has 8 heteroatoms. The van der Waals surface area contributed by atoms with Gasteiger partial charge in [0.05, 0.1) is 0 Å². The summed E-state index contributed by atoms with van der Waals surface area (Å²) in [6.07, 6.45) is 1.95. The van der Waals surface area contributed by atoms with E-state index >= 15 is 0 Å². The Balaban J connectivity index is 1.68. The highest BCUT2D eigenvalue weighted by Crippen LogP contribution is 2.24. The maximum atomic E-state index is 13.1. The van der Waals surface area contributed by atoms with Crippen molar-refractivity contribution in [2.24, 2.45) is 5.92 Å². The lowest BCUT2D eigenvalue weighted by molar-refractivity contribution is -0.124. The van der Waals surface area contributed by atoms with E-state index in [-0.39, 0.29) is 23.6 Å². The van der Waals surface area contributed by atoms with Gasteiger partial charge in [-0.15, -0.1) is 0 Å². The minimum Gasteiger partial charge on any atom is -0.385 e. The van der Waals surface area contributed by atoms with Crippen molar-refractivity contribution in [1.82, 2.24) is 15.5 Å². The van der Waals surface area contributed by atoms with Crippen molar-refractivity contribution in [1.29, 1.82) is 0 Å². The zero-order valence-electron chi connectivity index (χ0n) is 19.7. The van der Waals surface area contributed by atoms with Crippen LogP contribution in [0.1, 0.15) is 45.5 Å². The molecule has 0 aromatic heterocycles. The van der Waals surface area contributed by atoms with E-state index in [0.29, 0.717) is 56.6 Å². The first kappa shape index (κ1) is 25.9. The van der Waals surface area contributed by atoms with Gasteiger partial charge >= 0.3 is 0 Å². The number of methoxy groups -OCH3 is 1. The standard InChI is InChI=1S/C26H32BrN3O4/c1-18-7-3-4-10-22(18)24(31)29-23(25(32)28-13-6-16-34-2)19-11-14-30(15-12-19)26(33)20-8-5-9-21(27)17-20/h3-5,7-10,17,19,23H,6,11-16H2,1-2H3,(H,28,32)(H,29,31). The molecule has 2 aromatic carbocycles. The van der Waals surface area contributed by atoms with Crippen molar-refractivity contribution in [3.05, 3.63) is 69.7 Å². The van der Waals surface area contributed by atoms with E-state index in [4.69, 9.17) is 4.74 Å². The van der Waals surface area contributed by atoms with Gasteiger partial charge in [0.25, 0.3) is 11.8 Å². The van der Waals surface area contributed by atoms with Crippen LogP contribution in [0.5, 0.6) is 0 Å². The second kappa shape index (κ2) is 12.7. The van der Waals surface area contributed by atoms with Crippen LogP contribution in [0.25, 0.3) is 0 Å². The molecule has 1 unspecified atom stereocenters. The number of ether oxygens (including phenoxy) is 1. The molecule has 0 aliphatic carbocycles. The first-order valence-corrected chi connectivity index (χ1v) is 12.4.